The third-order valence-corrected chi connectivity index (χ3v) is 4.53. The van der Waals surface area contributed by atoms with Crippen molar-refractivity contribution >= 4 is 53.1 Å². The number of amides is 2. The molecule has 1 aliphatic heterocycles. The molecule has 30 heavy (non-hydrogen) atoms. The topological polar surface area (TPSA) is 85.8 Å². The summed E-state index contributed by atoms with van der Waals surface area (Å²) in [7, 11) is 1.61. The summed E-state index contributed by atoms with van der Waals surface area (Å²) in [5, 5.41) is 8.66. The average Bonchev–Trinajstić information content (AvgIpc) is 3.14. The molecule has 0 saturated carbocycles. The van der Waals surface area contributed by atoms with E-state index in [0.717, 1.165) is 24.2 Å². The molecule has 0 spiro atoms. The van der Waals surface area contributed by atoms with Gasteiger partial charge in [-0.05, 0) is 42.3 Å². The molecule has 1 aliphatic rings. The molecule has 2 aromatic rings. The van der Waals surface area contributed by atoms with E-state index in [-0.39, 0.29) is 42.3 Å². The molecule has 0 aliphatic carbocycles. The van der Waals surface area contributed by atoms with Gasteiger partial charge in [-0.25, -0.2) is 4.39 Å². The Morgan fingerprint density at radius 2 is 1.93 bits per heavy atom. The summed E-state index contributed by atoms with van der Waals surface area (Å²) >= 11 is 0. The highest BCUT2D eigenvalue weighted by molar-refractivity contribution is 14.0. The van der Waals surface area contributed by atoms with Crippen molar-refractivity contribution in [3.63, 3.8) is 0 Å². The summed E-state index contributed by atoms with van der Waals surface area (Å²) in [4.78, 5) is 29.7. The molecular weight excluding hydrogens is 500 g/mol. The molecule has 9 heteroatoms. The van der Waals surface area contributed by atoms with Crippen LogP contribution in [-0.4, -0.2) is 37.9 Å². The van der Waals surface area contributed by atoms with E-state index < -0.39 is 5.82 Å². The van der Waals surface area contributed by atoms with Crippen LogP contribution in [0.1, 0.15) is 18.4 Å². The maximum Gasteiger partial charge on any atom is 0.243 e. The van der Waals surface area contributed by atoms with Gasteiger partial charge in [0, 0.05) is 37.9 Å². The molecule has 2 amide bonds. The number of aliphatic imine (C=N–C) groups is 1. The van der Waals surface area contributed by atoms with Gasteiger partial charge in [0.05, 0.1) is 6.54 Å². The Bertz CT molecular complexity index is 905. The summed E-state index contributed by atoms with van der Waals surface area (Å²) in [5.41, 5.74) is 2.33. The molecule has 0 bridgehead atoms. The van der Waals surface area contributed by atoms with E-state index in [4.69, 9.17) is 0 Å². The van der Waals surface area contributed by atoms with Crippen molar-refractivity contribution in [2.75, 3.05) is 30.4 Å². The highest BCUT2D eigenvalue weighted by Gasteiger charge is 2.21. The van der Waals surface area contributed by atoms with Gasteiger partial charge in [0.15, 0.2) is 5.96 Å². The molecule has 3 rings (SSSR count). The Morgan fingerprint density at radius 3 is 2.57 bits per heavy atom. The van der Waals surface area contributed by atoms with Crippen LogP contribution in [0.25, 0.3) is 0 Å². The zero-order valence-corrected chi connectivity index (χ0v) is 19.0. The largest absolute Gasteiger partial charge is 0.352 e. The molecular formula is C21H25FIN5O2. The molecule has 0 aromatic heterocycles. The number of halogens is 2. The van der Waals surface area contributed by atoms with E-state index in [0.29, 0.717) is 24.6 Å². The van der Waals surface area contributed by atoms with Crippen molar-refractivity contribution < 1.29 is 14.0 Å². The summed E-state index contributed by atoms with van der Waals surface area (Å²) in [6.07, 6.45) is 1.51. The lowest BCUT2D eigenvalue weighted by atomic mass is 10.2. The number of rotatable bonds is 6. The third kappa shape index (κ3) is 6.68. The minimum absolute atomic E-state index is 0. The first-order chi connectivity index (χ1) is 14.0. The number of carbonyl (C=O) groups is 2. The second kappa shape index (κ2) is 11.5. The maximum absolute atomic E-state index is 13.2. The normalized spacial score (nSPS) is 13.6. The zero-order valence-electron chi connectivity index (χ0n) is 16.7. The Labute approximate surface area is 192 Å². The molecule has 0 radical (unpaired) electrons. The van der Waals surface area contributed by atoms with Gasteiger partial charge in [0.2, 0.25) is 11.8 Å². The van der Waals surface area contributed by atoms with Crippen molar-refractivity contribution in [2.45, 2.75) is 19.4 Å². The molecule has 1 heterocycles. The van der Waals surface area contributed by atoms with Gasteiger partial charge in [-0.2, -0.15) is 0 Å². The predicted molar refractivity (Wildman–Crippen MR) is 127 cm³/mol. The number of benzene rings is 2. The second-order valence-corrected chi connectivity index (χ2v) is 6.65. The van der Waals surface area contributed by atoms with Gasteiger partial charge < -0.3 is 20.9 Å². The summed E-state index contributed by atoms with van der Waals surface area (Å²) in [6.45, 7) is 1.27. The Hall–Kier alpha value is -2.69. The van der Waals surface area contributed by atoms with Crippen LogP contribution in [0.5, 0.6) is 0 Å². The smallest absolute Gasteiger partial charge is 0.243 e. The van der Waals surface area contributed by atoms with Crippen LogP contribution >= 0.6 is 24.0 Å². The fraction of sp³-hybridized carbons (Fsp3) is 0.286. The highest BCUT2D eigenvalue weighted by atomic mass is 127. The quantitative estimate of drug-likeness (QED) is 0.308. The molecule has 3 N–H and O–H groups in total. The number of nitrogens with zero attached hydrogens (tertiary/aromatic N) is 2. The average molecular weight is 525 g/mol. The molecule has 1 saturated heterocycles. The molecule has 160 valence electrons. The van der Waals surface area contributed by atoms with Crippen LogP contribution in [0.15, 0.2) is 53.5 Å². The fourth-order valence-electron chi connectivity index (χ4n) is 3.06. The van der Waals surface area contributed by atoms with Crippen molar-refractivity contribution in [1.82, 2.24) is 10.6 Å². The van der Waals surface area contributed by atoms with Crippen LogP contribution in [-0.2, 0) is 16.1 Å². The summed E-state index contributed by atoms with van der Waals surface area (Å²) < 4.78 is 13.2. The number of guanidine groups is 1. The molecule has 2 aromatic carbocycles. The van der Waals surface area contributed by atoms with Crippen molar-refractivity contribution in [3.05, 3.63) is 59.9 Å². The summed E-state index contributed by atoms with van der Waals surface area (Å²) in [6, 6.07) is 13.5. The molecule has 0 atom stereocenters. The number of anilines is 2. The lowest BCUT2D eigenvalue weighted by Crippen LogP contribution is -2.41. The van der Waals surface area contributed by atoms with Gasteiger partial charge in [0.25, 0.3) is 0 Å². The summed E-state index contributed by atoms with van der Waals surface area (Å²) in [5.74, 6) is -0.0817. The number of carbonyl (C=O) groups excluding carboxylic acids is 2. The monoisotopic (exact) mass is 525 g/mol. The van der Waals surface area contributed by atoms with E-state index in [1.807, 2.05) is 24.3 Å². The minimum atomic E-state index is -0.409. The Kier molecular flexibility index (Phi) is 9.03. The molecule has 7 nitrogen and oxygen atoms in total. The zero-order chi connectivity index (χ0) is 20.6. The SMILES string of the molecule is CN=C(NCC(=O)Nc1cccc(F)c1)NCc1ccc(N2CCCC2=O)cc1.I. The lowest BCUT2D eigenvalue weighted by molar-refractivity contribution is -0.117. The van der Waals surface area contributed by atoms with Gasteiger partial charge in [-0.1, -0.05) is 18.2 Å². The first-order valence-electron chi connectivity index (χ1n) is 9.44. The maximum atomic E-state index is 13.2. The van der Waals surface area contributed by atoms with E-state index >= 15 is 0 Å². The number of nitrogens with one attached hydrogen (secondary N) is 3. The standard InChI is InChI=1S/C21H24FN5O2.HI/c1-23-21(25-14-19(28)26-17-5-2-4-16(22)12-17)24-13-15-7-9-18(10-8-15)27-11-3-6-20(27)29;/h2,4-5,7-10,12H,3,6,11,13-14H2,1H3,(H,26,28)(H2,23,24,25);1H. The van der Waals surface area contributed by atoms with Gasteiger partial charge >= 0.3 is 0 Å². The molecule has 1 fully saturated rings. The Balaban J connectivity index is 0.00000320. The first-order valence-corrected chi connectivity index (χ1v) is 9.44. The number of hydrogen-bond acceptors (Lipinski definition) is 3. The van der Waals surface area contributed by atoms with Gasteiger partial charge in [0.1, 0.15) is 5.82 Å². The lowest BCUT2D eigenvalue weighted by Gasteiger charge is -2.16. The molecule has 0 unspecified atom stereocenters. The highest BCUT2D eigenvalue weighted by Crippen LogP contribution is 2.21. The van der Waals surface area contributed by atoms with E-state index in [2.05, 4.69) is 20.9 Å². The Morgan fingerprint density at radius 1 is 1.17 bits per heavy atom. The predicted octanol–water partition coefficient (Wildman–Crippen LogP) is 2.87. The fourth-order valence-corrected chi connectivity index (χ4v) is 3.06. The van der Waals surface area contributed by atoms with Crippen LogP contribution in [0, 0.1) is 5.82 Å². The van der Waals surface area contributed by atoms with Crippen molar-refractivity contribution in [2.24, 2.45) is 4.99 Å². The van der Waals surface area contributed by atoms with E-state index in [1.54, 1.807) is 18.0 Å². The number of hydrogen-bond donors (Lipinski definition) is 3. The minimum Gasteiger partial charge on any atom is -0.352 e. The third-order valence-electron chi connectivity index (χ3n) is 4.53. The van der Waals surface area contributed by atoms with Crippen LogP contribution < -0.4 is 20.9 Å². The van der Waals surface area contributed by atoms with Crippen molar-refractivity contribution in [3.8, 4) is 0 Å². The van der Waals surface area contributed by atoms with E-state index in [9.17, 15) is 14.0 Å². The van der Waals surface area contributed by atoms with Crippen LogP contribution in [0.4, 0.5) is 15.8 Å². The van der Waals surface area contributed by atoms with Crippen LogP contribution in [0.2, 0.25) is 0 Å². The second-order valence-electron chi connectivity index (χ2n) is 6.65. The van der Waals surface area contributed by atoms with Crippen molar-refractivity contribution in [1.29, 1.82) is 0 Å². The van der Waals surface area contributed by atoms with Crippen LogP contribution in [0.3, 0.4) is 0 Å². The van der Waals surface area contributed by atoms with E-state index in [1.165, 1.54) is 18.2 Å². The first kappa shape index (κ1) is 23.6. The van der Waals surface area contributed by atoms with Gasteiger partial charge in [-0.3, -0.25) is 14.6 Å². The van der Waals surface area contributed by atoms with Gasteiger partial charge in [-0.15, -0.1) is 24.0 Å².